The molecular weight excluding hydrogens is 289 g/mol. The summed E-state index contributed by atoms with van der Waals surface area (Å²) in [5, 5.41) is 1.90. The summed E-state index contributed by atoms with van der Waals surface area (Å²) in [4.78, 5) is 11.6. The van der Waals surface area contributed by atoms with E-state index < -0.39 is 12.0 Å². The second-order valence-corrected chi connectivity index (χ2v) is 4.93. The van der Waals surface area contributed by atoms with Crippen molar-refractivity contribution in [2.75, 3.05) is 0 Å². The van der Waals surface area contributed by atoms with E-state index in [1.54, 1.807) is 18.2 Å². The summed E-state index contributed by atoms with van der Waals surface area (Å²) in [5.74, 6) is -1.82. The lowest BCUT2D eigenvalue weighted by Crippen LogP contribution is -2.23. The molecule has 0 aromatic heterocycles. The van der Waals surface area contributed by atoms with Crippen molar-refractivity contribution in [2.45, 2.75) is 6.18 Å². The first kappa shape index (κ1) is 14.3. The van der Waals surface area contributed by atoms with Gasteiger partial charge in [0.15, 0.2) is 0 Å². The molecule has 0 saturated carbocycles. The van der Waals surface area contributed by atoms with E-state index in [1.807, 2.05) is 30.3 Å². The number of carbonyl (C=O) groups is 1. The molecule has 0 aliphatic rings. The fourth-order valence-corrected chi connectivity index (χ4v) is 2.44. The molecule has 22 heavy (non-hydrogen) atoms. The Morgan fingerprint density at radius 3 is 2.14 bits per heavy atom. The molecular formula is C18H11F3O. The van der Waals surface area contributed by atoms with E-state index >= 15 is 0 Å². The second kappa shape index (κ2) is 5.30. The number of hydrogen-bond acceptors (Lipinski definition) is 1. The van der Waals surface area contributed by atoms with E-state index in [2.05, 4.69) is 0 Å². The summed E-state index contributed by atoms with van der Waals surface area (Å²) in [7, 11) is 0. The molecule has 3 aromatic carbocycles. The number of fused-ring (bicyclic) bond motifs is 1. The molecule has 3 aromatic rings. The quantitative estimate of drug-likeness (QED) is 0.591. The molecule has 3 rings (SSSR count). The number of halogens is 3. The number of carbonyl (C=O) groups excluding carboxylic acids is 1. The molecule has 0 radical (unpaired) electrons. The van der Waals surface area contributed by atoms with Crippen molar-refractivity contribution < 1.29 is 18.0 Å². The minimum absolute atomic E-state index is 0.288. The van der Waals surface area contributed by atoms with Gasteiger partial charge in [-0.05, 0) is 28.0 Å². The first-order valence-corrected chi connectivity index (χ1v) is 6.66. The molecule has 0 amide bonds. The zero-order chi connectivity index (χ0) is 15.7. The van der Waals surface area contributed by atoms with Crippen LogP contribution >= 0.6 is 0 Å². The fraction of sp³-hybridized carbons (Fsp3) is 0.0556. The highest BCUT2D eigenvalue weighted by molar-refractivity contribution is 6.06. The van der Waals surface area contributed by atoms with Crippen LogP contribution in [0.15, 0.2) is 66.7 Å². The minimum atomic E-state index is -4.88. The van der Waals surface area contributed by atoms with Gasteiger partial charge in [0.05, 0.1) is 0 Å². The molecule has 0 fully saturated rings. The van der Waals surface area contributed by atoms with Gasteiger partial charge in [0.25, 0.3) is 5.78 Å². The van der Waals surface area contributed by atoms with Crippen molar-refractivity contribution in [1.82, 2.24) is 0 Å². The van der Waals surface area contributed by atoms with E-state index in [-0.39, 0.29) is 11.1 Å². The molecule has 0 heterocycles. The molecule has 0 aliphatic heterocycles. The van der Waals surface area contributed by atoms with Gasteiger partial charge < -0.3 is 0 Å². The maximum Gasteiger partial charge on any atom is 0.454 e. The predicted molar refractivity (Wildman–Crippen MR) is 79.8 cm³/mol. The topological polar surface area (TPSA) is 17.1 Å². The molecule has 0 bridgehead atoms. The molecule has 0 N–H and O–H groups in total. The van der Waals surface area contributed by atoms with Crippen LogP contribution < -0.4 is 0 Å². The molecule has 110 valence electrons. The van der Waals surface area contributed by atoms with E-state index in [9.17, 15) is 18.0 Å². The van der Waals surface area contributed by atoms with E-state index in [1.165, 1.54) is 18.2 Å². The third-order valence-corrected chi connectivity index (χ3v) is 3.49. The van der Waals surface area contributed by atoms with Crippen LogP contribution in [0, 0.1) is 0 Å². The number of hydrogen-bond donors (Lipinski definition) is 0. The SMILES string of the molecule is O=C(c1ccccc1-c1ccc2ccccc2c1)C(F)(F)F. The van der Waals surface area contributed by atoms with E-state index in [0.29, 0.717) is 5.56 Å². The van der Waals surface area contributed by atoms with Crippen molar-refractivity contribution in [2.24, 2.45) is 0 Å². The Balaban J connectivity index is 2.17. The number of rotatable bonds is 2. The Hall–Kier alpha value is -2.62. The number of ketones is 1. The number of alkyl halides is 3. The smallest absolute Gasteiger partial charge is 0.284 e. The molecule has 0 spiro atoms. The lowest BCUT2D eigenvalue weighted by Gasteiger charge is -2.11. The first-order chi connectivity index (χ1) is 10.5. The Morgan fingerprint density at radius 1 is 0.773 bits per heavy atom. The van der Waals surface area contributed by atoms with Crippen LogP contribution in [0.3, 0.4) is 0 Å². The van der Waals surface area contributed by atoms with Crippen LogP contribution in [-0.4, -0.2) is 12.0 Å². The van der Waals surface area contributed by atoms with Crippen molar-refractivity contribution in [3.05, 3.63) is 72.3 Å². The molecule has 0 saturated heterocycles. The van der Waals surface area contributed by atoms with Gasteiger partial charge in [-0.3, -0.25) is 4.79 Å². The van der Waals surface area contributed by atoms with Crippen LogP contribution in [0.5, 0.6) is 0 Å². The Labute approximate surface area is 125 Å². The monoisotopic (exact) mass is 300 g/mol. The average Bonchev–Trinajstić information content (AvgIpc) is 2.53. The molecule has 0 atom stereocenters. The molecule has 4 heteroatoms. The highest BCUT2D eigenvalue weighted by atomic mass is 19.4. The number of benzene rings is 3. The van der Waals surface area contributed by atoms with Gasteiger partial charge in [0.1, 0.15) is 0 Å². The lowest BCUT2D eigenvalue weighted by atomic mass is 9.95. The van der Waals surface area contributed by atoms with Crippen LogP contribution in [0.2, 0.25) is 0 Å². The highest BCUT2D eigenvalue weighted by Gasteiger charge is 2.40. The van der Waals surface area contributed by atoms with E-state index in [0.717, 1.165) is 10.8 Å². The maximum atomic E-state index is 12.7. The lowest BCUT2D eigenvalue weighted by molar-refractivity contribution is -0.0884. The van der Waals surface area contributed by atoms with Crippen molar-refractivity contribution >= 4 is 16.6 Å². The van der Waals surface area contributed by atoms with Gasteiger partial charge >= 0.3 is 6.18 Å². The van der Waals surface area contributed by atoms with Crippen LogP contribution in [-0.2, 0) is 0 Å². The Bertz CT molecular complexity index is 850. The zero-order valence-corrected chi connectivity index (χ0v) is 11.4. The molecule has 1 nitrogen and oxygen atoms in total. The third-order valence-electron chi connectivity index (χ3n) is 3.49. The summed E-state index contributed by atoms with van der Waals surface area (Å²) >= 11 is 0. The summed E-state index contributed by atoms with van der Waals surface area (Å²) in [5.41, 5.74) is 0.549. The highest BCUT2D eigenvalue weighted by Crippen LogP contribution is 2.31. The summed E-state index contributed by atoms with van der Waals surface area (Å²) in [6.07, 6.45) is -4.88. The summed E-state index contributed by atoms with van der Waals surface area (Å²) < 4.78 is 38.2. The zero-order valence-electron chi connectivity index (χ0n) is 11.4. The van der Waals surface area contributed by atoms with Gasteiger partial charge in [0, 0.05) is 5.56 Å². The van der Waals surface area contributed by atoms with Gasteiger partial charge in [-0.1, -0.05) is 60.7 Å². The van der Waals surface area contributed by atoms with Gasteiger partial charge in [-0.15, -0.1) is 0 Å². The summed E-state index contributed by atoms with van der Waals surface area (Å²) in [6, 6.07) is 18.7. The Morgan fingerprint density at radius 2 is 1.41 bits per heavy atom. The molecule has 0 unspecified atom stereocenters. The van der Waals surface area contributed by atoms with Crippen molar-refractivity contribution in [3.8, 4) is 11.1 Å². The van der Waals surface area contributed by atoms with Crippen molar-refractivity contribution in [1.29, 1.82) is 0 Å². The fourth-order valence-electron chi connectivity index (χ4n) is 2.44. The average molecular weight is 300 g/mol. The van der Waals surface area contributed by atoms with Gasteiger partial charge in [-0.25, -0.2) is 0 Å². The second-order valence-electron chi connectivity index (χ2n) is 4.93. The van der Waals surface area contributed by atoms with Gasteiger partial charge in [0.2, 0.25) is 0 Å². The summed E-state index contributed by atoms with van der Waals surface area (Å²) in [6.45, 7) is 0. The van der Waals surface area contributed by atoms with Crippen molar-refractivity contribution in [3.63, 3.8) is 0 Å². The standard InChI is InChI=1S/C18H11F3O/c19-18(20,21)17(22)16-8-4-3-7-15(16)14-10-9-12-5-1-2-6-13(12)11-14/h1-11H. The predicted octanol–water partition coefficient (Wildman–Crippen LogP) is 5.25. The minimum Gasteiger partial charge on any atom is -0.284 e. The largest absolute Gasteiger partial charge is 0.454 e. The molecule has 0 aliphatic carbocycles. The third kappa shape index (κ3) is 2.60. The van der Waals surface area contributed by atoms with Gasteiger partial charge in [-0.2, -0.15) is 13.2 Å². The van der Waals surface area contributed by atoms with Crippen LogP contribution in [0.4, 0.5) is 13.2 Å². The number of Topliss-reactive ketones (excluding diaryl/α,β-unsaturated/α-hetero) is 1. The Kier molecular flexibility index (Phi) is 3.45. The van der Waals surface area contributed by atoms with Crippen LogP contribution in [0.1, 0.15) is 10.4 Å². The normalized spacial score (nSPS) is 11.6. The van der Waals surface area contributed by atoms with E-state index in [4.69, 9.17) is 0 Å². The first-order valence-electron chi connectivity index (χ1n) is 6.66. The maximum absolute atomic E-state index is 12.7. The van der Waals surface area contributed by atoms with Crippen LogP contribution in [0.25, 0.3) is 21.9 Å².